The Bertz CT molecular complexity index is 890. The number of rotatable bonds is 1. The van der Waals surface area contributed by atoms with Crippen molar-refractivity contribution in [3.05, 3.63) is 34.2 Å². The van der Waals surface area contributed by atoms with Crippen LogP contribution in [-0.2, 0) is 18.9 Å². The molecule has 9 nitrogen and oxygen atoms in total. The molecule has 0 amide bonds. The van der Waals surface area contributed by atoms with E-state index in [1.807, 2.05) is 0 Å². The van der Waals surface area contributed by atoms with E-state index < -0.39 is 5.63 Å². The minimum absolute atomic E-state index is 0.0116. The predicted molar refractivity (Wildman–Crippen MR) is 107 cm³/mol. The van der Waals surface area contributed by atoms with Gasteiger partial charge < -0.3 is 32.8 Å². The van der Waals surface area contributed by atoms with Crippen LogP contribution in [0.1, 0.15) is 17.3 Å². The van der Waals surface area contributed by atoms with Gasteiger partial charge >= 0.3 is 5.63 Å². The molecular weight excluding hydrogens is 396 g/mol. The van der Waals surface area contributed by atoms with E-state index in [9.17, 15) is 9.59 Å². The van der Waals surface area contributed by atoms with E-state index >= 15 is 0 Å². The second-order valence-electron chi connectivity index (χ2n) is 6.49. The lowest BCUT2D eigenvalue weighted by Gasteiger charge is -2.15. The summed E-state index contributed by atoms with van der Waals surface area (Å²) in [6.45, 7) is 5.42. The van der Waals surface area contributed by atoms with E-state index in [-0.39, 0.29) is 24.6 Å². The van der Waals surface area contributed by atoms with Crippen molar-refractivity contribution in [1.82, 2.24) is 0 Å². The number of Topliss-reactive ketones (excluding diaryl/α,β-unsaturated/α-hetero) is 1. The van der Waals surface area contributed by atoms with Crippen LogP contribution in [0.3, 0.4) is 0 Å². The number of benzene rings is 1. The average molecular weight is 422 g/mol. The molecule has 0 aliphatic carbocycles. The fourth-order valence-electron chi connectivity index (χ4n) is 2.78. The number of hydrogen-bond donors (Lipinski definition) is 0. The molecule has 0 atom stereocenters. The fourth-order valence-corrected chi connectivity index (χ4v) is 2.78. The van der Waals surface area contributed by atoms with Crippen LogP contribution in [0.4, 0.5) is 0 Å². The summed E-state index contributed by atoms with van der Waals surface area (Å²) in [4.78, 5) is 23.7. The summed E-state index contributed by atoms with van der Waals surface area (Å²) in [5, 5.41) is 0.562. The van der Waals surface area contributed by atoms with Crippen LogP contribution in [0, 0.1) is 0 Å². The third-order valence-corrected chi connectivity index (χ3v) is 4.26. The van der Waals surface area contributed by atoms with Gasteiger partial charge in [-0.25, -0.2) is 4.79 Å². The molecule has 2 aromatic rings. The van der Waals surface area contributed by atoms with Crippen LogP contribution < -0.4 is 15.1 Å². The zero-order valence-electron chi connectivity index (χ0n) is 17.0. The van der Waals surface area contributed by atoms with Gasteiger partial charge in [0.1, 0.15) is 24.4 Å². The predicted octanol–water partition coefficient (Wildman–Crippen LogP) is 1.83. The molecule has 0 radical (unpaired) electrons. The van der Waals surface area contributed by atoms with E-state index in [2.05, 4.69) is 0 Å². The van der Waals surface area contributed by atoms with Crippen molar-refractivity contribution in [3.63, 3.8) is 0 Å². The van der Waals surface area contributed by atoms with Crippen LogP contribution in [0.15, 0.2) is 27.4 Å². The zero-order chi connectivity index (χ0) is 21.2. The first-order valence-corrected chi connectivity index (χ1v) is 9.84. The second kappa shape index (κ2) is 11.7. The van der Waals surface area contributed by atoms with Gasteiger partial charge in [-0.3, -0.25) is 4.79 Å². The quantitative estimate of drug-likeness (QED) is 0.503. The standard InChI is InChI=1S/C21H26O9/c1-15(22)17-12-16-13-19-20(14-18(16)30-21(17)23)29-11-9-27-7-5-25-3-2-24-4-6-26-8-10-28-19/h12-14H,2-11H2,1H3. The van der Waals surface area contributed by atoms with Gasteiger partial charge in [0.2, 0.25) is 0 Å². The molecule has 3 rings (SSSR count). The van der Waals surface area contributed by atoms with Crippen molar-refractivity contribution < 1.29 is 37.6 Å². The van der Waals surface area contributed by atoms with Gasteiger partial charge in [0.25, 0.3) is 0 Å². The van der Waals surface area contributed by atoms with Crippen molar-refractivity contribution >= 4 is 16.8 Å². The van der Waals surface area contributed by atoms with Gasteiger partial charge in [-0.15, -0.1) is 0 Å². The van der Waals surface area contributed by atoms with Crippen molar-refractivity contribution in [1.29, 1.82) is 0 Å². The Hall–Kier alpha value is -2.46. The normalized spacial score (nSPS) is 17.8. The third-order valence-electron chi connectivity index (χ3n) is 4.26. The maximum absolute atomic E-state index is 12.0. The highest BCUT2D eigenvalue weighted by atomic mass is 16.6. The SMILES string of the molecule is CC(=O)c1cc2cc3c(cc2oc1=O)OCCOCCOCCOCCOCCO3. The Labute approximate surface area is 173 Å². The zero-order valence-corrected chi connectivity index (χ0v) is 17.0. The van der Waals surface area contributed by atoms with Gasteiger partial charge in [0.15, 0.2) is 17.3 Å². The highest BCUT2D eigenvalue weighted by molar-refractivity contribution is 5.96. The highest BCUT2D eigenvalue weighted by Gasteiger charge is 2.14. The molecule has 0 fully saturated rings. The molecule has 9 heteroatoms. The van der Waals surface area contributed by atoms with Crippen molar-refractivity contribution in [3.8, 4) is 11.5 Å². The smallest absolute Gasteiger partial charge is 0.347 e. The van der Waals surface area contributed by atoms with Crippen molar-refractivity contribution in [2.45, 2.75) is 6.92 Å². The molecule has 164 valence electrons. The van der Waals surface area contributed by atoms with E-state index in [0.29, 0.717) is 75.3 Å². The molecular formula is C21H26O9. The van der Waals surface area contributed by atoms with Gasteiger partial charge in [0.05, 0.1) is 52.9 Å². The maximum Gasteiger partial charge on any atom is 0.347 e. The Kier molecular flexibility index (Phi) is 8.64. The lowest BCUT2D eigenvalue weighted by Crippen LogP contribution is -2.16. The van der Waals surface area contributed by atoms with Crippen LogP contribution >= 0.6 is 0 Å². The largest absolute Gasteiger partial charge is 0.487 e. The summed E-state index contributed by atoms with van der Waals surface area (Å²) in [6.07, 6.45) is 0. The summed E-state index contributed by atoms with van der Waals surface area (Å²) in [7, 11) is 0. The Morgan fingerprint density at radius 3 is 1.67 bits per heavy atom. The van der Waals surface area contributed by atoms with Crippen LogP contribution in [0.5, 0.6) is 11.5 Å². The number of fused-ring (bicyclic) bond motifs is 2. The second-order valence-corrected chi connectivity index (χ2v) is 6.49. The molecule has 0 bridgehead atoms. The third kappa shape index (κ3) is 6.53. The summed E-state index contributed by atoms with van der Waals surface area (Å²) < 4.78 is 38.7. The minimum Gasteiger partial charge on any atom is -0.487 e. The van der Waals surface area contributed by atoms with Crippen LogP contribution in [0.25, 0.3) is 11.0 Å². The summed E-state index contributed by atoms with van der Waals surface area (Å²) >= 11 is 0. The topological polar surface area (TPSA) is 103 Å². The van der Waals surface area contributed by atoms with Gasteiger partial charge in [-0.05, 0) is 19.1 Å². The number of carbonyl (C=O) groups is 1. The van der Waals surface area contributed by atoms with Gasteiger partial charge in [0, 0.05) is 11.5 Å². The molecule has 0 saturated heterocycles. The van der Waals surface area contributed by atoms with Gasteiger partial charge in [-0.1, -0.05) is 0 Å². The average Bonchev–Trinajstić information content (AvgIpc) is 2.72. The molecule has 1 aromatic carbocycles. The highest BCUT2D eigenvalue weighted by Crippen LogP contribution is 2.32. The number of carbonyl (C=O) groups excluding carboxylic acids is 1. The van der Waals surface area contributed by atoms with Crippen molar-refractivity contribution in [2.75, 3.05) is 66.1 Å². The van der Waals surface area contributed by atoms with Crippen LogP contribution in [-0.4, -0.2) is 71.9 Å². The van der Waals surface area contributed by atoms with E-state index in [4.69, 9.17) is 32.8 Å². The number of ketones is 1. The first-order valence-electron chi connectivity index (χ1n) is 9.84. The van der Waals surface area contributed by atoms with Crippen molar-refractivity contribution in [2.24, 2.45) is 0 Å². The minimum atomic E-state index is -0.685. The van der Waals surface area contributed by atoms with Gasteiger partial charge in [-0.2, -0.15) is 0 Å². The molecule has 0 N–H and O–H groups in total. The molecule has 1 aliphatic heterocycles. The summed E-state index contributed by atoms with van der Waals surface area (Å²) in [5.74, 6) is 0.499. The molecule has 1 aromatic heterocycles. The Morgan fingerprint density at radius 2 is 1.17 bits per heavy atom. The Balaban J connectivity index is 1.77. The maximum atomic E-state index is 12.0. The first-order chi connectivity index (χ1) is 14.6. The summed E-state index contributed by atoms with van der Waals surface area (Å²) in [6, 6.07) is 4.75. The van der Waals surface area contributed by atoms with Crippen LogP contribution in [0.2, 0.25) is 0 Å². The fraction of sp³-hybridized carbons (Fsp3) is 0.524. The molecule has 2 heterocycles. The van der Waals surface area contributed by atoms with E-state index in [1.54, 1.807) is 12.1 Å². The molecule has 30 heavy (non-hydrogen) atoms. The molecule has 0 spiro atoms. The number of hydrogen-bond acceptors (Lipinski definition) is 9. The molecule has 0 unspecified atom stereocenters. The lowest BCUT2D eigenvalue weighted by atomic mass is 10.1. The molecule has 0 saturated carbocycles. The van der Waals surface area contributed by atoms with E-state index in [0.717, 1.165) is 0 Å². The first kappa shape index (κ1) is 22.2. The summed E-state index contributed by atoms with van der Waals surface area (Å²) in [5.41, 5.74) is -0.394. The molecule has 1 aliphatic rings. The monoisotopic (exact) mass is 422 g/mol. The van der Waals surface area contributed by atoms with E-state index in [1.165, 1.54) is 13.0 Å². The lowest BCUT2D eigenvalue weighted by molar-refractivity contribution is -0.00840. The number of ether oxygens (including phenoxy) is 6. The Morgan fingerprint density at radius 1 is 0.700 bits per heavy atom.